The average Bonchev–Trinajstić information content (AvgIpc) is 2.70. The summed E-state index contributed by atoms with van der Waals surface area (Å²) in [6, 6.07) is 4.01. The summed E-state index contributed by atoms with van der Waals surface area (Å²) in [6.45, 7) is 0.159. The lowest BCUT2D eigenvalue weighted by Crippen LogP contribution is -1.89. The minimum absolute atomic E-state index is 0.159. The van der Waals surface area contributed by atoms with E-state index in [1.165, 1.54) is 0 Å². The van der Waals surface area contributed by atoms with E-state index in [9.17, 15) is 0 Å². The fourth-order valence-corrected chi connectivity index (χ4v) is 1.82. The summed E-state index contributed by atoms with van der Waals surface area (Å²) < 4.78 is 0. The Morgan fingerprint density at radius 2 is 2.46 bits per heavy atom. The molecule has 2 heterocycles. The maximum atomic E-state index is 8.71. The van der Waals surface area contributed by atoms with Gasteiger partial charge in [-0.15, -0.1) is 11.3 Å². The van der Waals surface area contributed by atoms with Crippen LogP contribution in [0.3, 0.4) is 0 Å². The molecule has 3 nitrogen and oxygen atoms in total. The lowest BCUT2D eigenvalue weighted by atomic mass is 10.3. The highest BCUT2D eigenvalue weighted by molar-refractivity contribution is 7.13. The molecule has 0 spiro atoms. The first kappa shape index (κ1) is 8.47. The van der Waals surface area contributed by atoms with Crippen LogP contribution in [0.25, 0.3) is 10.7 Å². The molecule has 0 atom stereocenters. The normalized spacial score (nSPS) is 10.5. The van der Waals surface area contributed by atoms with Crippen molar-refractivity contribution >= 4 is 11.3 Å². The molecular weight excluding hydrogens is 184 g/mol. The second-order valence-corrected chi connectivity index (χ2v) is 3.66. The minimum atomic E-state index is 0.159. The zero-order valence-electron chi connectivity index (χ0n) is 7.03. The fraction of sp³-hybridized carbons (Fsp3) is 0.222. The number of aromatic nitrogens is 2. The first-order valence-corrected chi connectivity index (χ1v) is 4.97. The van der Waals surface area contributed by atoms with Gasteiger partial charge in [0, 0.05) is 24.9 Å². The van der Waals surface area contributed by atoms with Crippen LogP contribution in [-0.2, 0) is 6.42 Å². The molecular formula is C9H10N2OS. The van der Waals surface area contributed by atoms with Crippen molar-refractivity contribution in [3.8, 4) is 10.7 Å². The number of aromatic amines is 1. The summed E-state index contributed by atoms with van der Waals surface area (Å²) in [4.78, 5) is 8.51. The number of aliphatic hydroxyl groups excluding tert-OH is 1. The van der Waals surface area contributed by atoms with Crippen LogP contribution < -0.4 is 0 Å². The largest absolute Gasteiger partial charge is 0.396 e. The Bertz CT molecular complexity index is 367. The molecule has 4 heteroatoms. The molecule has 0 aromatic carbocycles. The second kappa shape index (κ2) is 3.72. The van der Waals surface area contributed by atoms with E-state index < -0.39 is 0 Å². The zero-order chi connectivity index (χ0) is 9.10. The maximum absolute atomic E-state index is 8.71. The molecule has 2 rings (SSSR count). The quantitative estimate of drug-likeness (QED) is 0.781. The number of nitrogens with zero attached hydrogens (tertiary/aromatic N) is 1. The monoisotopic (exact) mass is 194 g/mol. The van der Waals surface area contributed by atoms with Gasteiger partial charge in [-0.2, -0.15) is 0 Å². The molecule has 0 fully saturated rings. The SMILES string of the molecule is OCCc1cnc(-c2cccs2)[nH]1. The molecule has 0 amide bonds. The van der Waals surface area contributed by atoms with Crippen molar-refractivity contribution in [2.24, 2.45) is 0 Å². The average molecular weight is 194 g/mol. The molecule has 0 saturated carbocycles. The lowest BCUT2D eigenvalue weighted by molar-refractivity contribution is 0.298. The predicted molar refractivity (Wildman–Crippen MR) is 52.7 cm³/mol. The number of aliphatic hydroxyl groups is 1. The van der Waals surface area contributed by atoms with Gasteiger partial charge in [0.15, 0.2) is 0 Å². The summed E-state index contributed by atoms with van der Waals surface area (Å²) in [6.07, 6.45) is 2.41. The van der Waals surface area contributed by atoms with Crippen LogP contribution in [0.2, 0.25) is 0 Å². The zero-order valence-corrected chi connectivity index (χ0v) is 7.84. The van der Waals surface area contributed by atoms with Crippen LogP contribution in [0.4, 0.5) is 0 Å². The molecule has 0 aliphatic heterocycles. The van der Waals surface area contributed by atoms with E-state index in [0.29, 0.717) is 6.42 Å². The molecule has 0 unspecified atom stereocenters. The molecule has 0 radical (unpaired) electrons. The Morgan fingerprint density at radius 1 is 1.54 bits per heavy atom. The maximum Gasteiger partial charge on any atom is 0.147 e. The van der Waals surface area contributed by atoms with E-state index in [2.05, 4.69) is 9.97 Å². The standard InChI is InChI=1S/C9H10N2OS/c12-4-3-7-6-10-9(11-7)8-2-1-5-13-8/h1-2,5-6,12H,3-4H2,(H,10,11). The number of H-pyrrole nitrogens is 1. The summed E-state index contributed by atoms with van der Waals surface area (Å²) in [5.41, 5.74) is 0.978. The minimum Gasteiger partial charge on any atom is -0.396 e. The molecule has 68 valence electrons. The highest BCUT2D eigenvalue weighted by Gasteiger charge is 2.02. The number of rotatable bonds is 3. The summed E-state index contributed by atoms with van der Waals surface area (Å²) in [5.74, 6) is 0.887. The highest BCUT2D eigenvalue weighted by Crippen LogP contribution is 2.21. The van der Waals surface area contributed by atoms with Gasteiger partial charge in [-0.05, 0) is 11.4 Å². The Hall–Kier alpha value is -1.13. The molecule has 13 heavy (non-hydrogen) atoms. The van der Waals surface area contributed by atoms with Crippen LogP contribution in [-0.4, -0.2) is 21.7 Å². The third-order valence-electron chi connectivity index (χ3n) is 1.76. The van der Waals surface area contributed by atoms with E-state index in [0.717, 1.165) is 16.4 Å². The van der Waals surface area contributed by atoms with Crippen molar-refractivity contribution in [3.63, 3.8) is 0 Å². The van der Waals surface area contributed by atoms with Gasteiger partial charge in [-0.25, -0.2) is 4.98 Å². The van der Waals surface area contributed by atoms with Crippen molar-refractivity contribution in [1.82, 2.24) is 9.97 Å². The molecule has 0 aliphatic carbocycles. The smallest absolute Gasteiger partial charge is 0.147 e. The van der Waals surface area contributed by atoms with Crippen LogP contribution in [0.1, 0.15) is 5.69 Å². The van der Waals surface area contributed by atoms with Gasteiger partial charge in [-0.1, -0.05) is 6.07 Å². The summed E-state index contributed by atoms with van der Waals surface area (Å²) >= 11 is 1.65. The molecule has 0 saturated heterocycles. The van der Waals surface area contributed by atoms with Crippen molar-refractivity contribution in [1.29, 1.82) is 0 Å². The first-order chi connectivity index (χ1) is 6.40. The van der Waals surface area contributed by atoms with Crippen LogP contribution >= 0.6 is 11.3 Å². The van der Waals surface area contributed by atoms with Crippen molar-refractivity contribution in [2.75, 3.05) is 6.61 Å². The predicted octanol–water partition coefficient (Wildman–Crippen LogP) is 1.67. The molecule has 2 aromatic rings. The fourth-order valence-electron chi connectivity index (χ4n) is 1.15. The van der Waals surface area contributed by atoms with Crippen LogP contribution in [0.5, 0.6) is 0 Å². The van der Waals surface area contributed by atoms with Gasteiger partial charge >= 0.3 is 0 Å². The topological polar surface area (TPSA) is 48.9 Å². The Balaban J connectivity index is 2.23. The Labute approximate surface area is 80.1 Å². The van der Waals surface area contributed by atoms with Gasteiger partial charge in [0.2, 0.25) is 0 Å². The molecule has 2 aromatic heterocycles. The van der Waals surface area contributed by atoms with Crippen LogP contribution in [0, 0.1) is 0 Å². The van der Waals surface area contributed by atoms with Crippen molar-refractivity contribution in [3.05, 3.63) is 29.4 Å². The number of hydrogen-bond acceptors (Lipinski definition) is 3. The third kappa shape index (κ3) is 1.79. The number of nitrogens with one attached hydrogen (secondary N) is 1. The molecule has 2 N–H and O–H groups in total. The van der Waals surface area contributed by atoms with Crippen molar-refractivity contribution in [2.45, 2.75) is 6.42 Å². The van der Waals surface area contributed by atoms with Gasteiger partial charge < -0.3 is 10.1 Å². The number of hydrogen-bond donors (Lipinski definition) is 2. The number of thiophene rings is 1. The third-order valence-corrected chi connectivity index (χ3v) is 2.64. The highest BCUT2D eigenvalue weighted by atomic mass is 32.1. The van der Waals surface area contributed by atoms with E-state index in [4.69, 9.17) is 5.11 Å². The van der Waals surface area contributed by atoms with Gasteiger partial charge in [0.1, 0.15) is 5.82 Å². The molecule has 0 aliphatic rings. The van der Waals surface area contributed by atoms with E-state index in [1.807, 2.05) is 17.5 Å². The lowest BCUT2D eigenvalue weighted by Gasteiger charge is -1.90. The number of imidazole rings is 1. The Morgan fingerprint density at radius 3 is 3.15 bits per heavy atom. The van der Waals surface area contributed by atoms with Gasteiger partial charge in [0.25, 0.3) is 0 Å². The van der Waals surface area contributed by atoms with Crippen LogP contribution in [0.15, 0.2) is 23.7 Å². The van der Waals surface area contributed by atoms with Gasteiger partial charge in [0.05, 0.1) is 4.88 Å². The summed E-state index contributed by atoms with van der Waals surface area (Å²) in [5, 5.41) is 10.7. The van der Waals surface area contributed by atoms with Crippen molar-refractivity contribution < 1.29 is 5.11 Å². The van der Waals surface area contributed by atoms with E-state index in [-0.39, 0.29) is 6.61 Å². The second-order valence-electron chi connectivity index (χ2n) is 2.71. The Kier molecular flexibility index (Phi) is 2.42. The molecule has 0 bridgehead atoms. The summed E-state index contributed by atoms with van der Waals surface area (Å²) in [7, 11) is 0. The van der Waals surface area contributed by atoms with E-state index in [1.54, 1.807) is 17.5 Å². The van der Waals surface area contributed by atoms with Gasteiger partial charge in [-0.3, -0.25) is 0 Å². The van der Waals surface area contributed by atoms with E-state index >= 15 is 0 Å². The first-order valence-electron chi connectivity index (χ1n) is 4.09.